The highest BCUT2D eigenvalue weighted by Crippen LogP contribution is 2.30. The molecule has 34 heavy (non-hydrogen) atoms. The summed E-state index contributed by atoms with van der Waals surface area (Å²) in [4.78, 5) is 24.5. The number of anilines is 1. The van der Waals surface area contributed by atoms with E-state index >= 15 is 0 Å². The SMILES string of the molecule is CN1CCN(Cc2cnc(NC(=O)/C(=N/N3CCCC3)c3ccc(S(=O)C4CC4)cc3)s2)CC1. The van der Waals surface area contributed by atoms with Crippen LogP contribution in [0.5, 0.6) is 0 Å². The Balaban J connectivity index is 1.28. The van der Waals surface area contributed by atoms with Crippen molar-refractivity contribution in [2.75, 3.05) is 51.6 Å². The quantitative estimate of drug-likeness (QED) is 0.561. The number of likely N-dealkylation sites (N-methyl/N-ethyl adjacent to an activating group) is 1. The van der Waals surface area contributed by atoms with E-state index in [9.17, 15) is 9.00 Å². The number of amides is 1. The summed E-state index contributed by atoms with van der Waals surface area (Å²) in [5.74, 6) is -0.261. The molecule has 182 valence electrons. The molecule has 1 atom stereocenters. The molecule has 2 aromatic rings. The van der Waals surface area contributed by atoms with E-state index in [1.165, 1.54) is 11.3 Å². The van der Waals surface area contributed by atoms with E-state index in [1.54, 1.807) is 0 Å². The van der Waals surface area contributed by atoms with Gasteiger partial charge in [0, 0.05) is 72.6 Å². The molecule has 3 aliphatic rings. The maximum atomic E-state index is 13.3. The van der Waals surface area contributed by atoms with Crippen molar-refractivity contribution in [2.45, 2.75) is 42.4 Å². The van der Waals surface area contributed by atoms with Crippen LogP contribution in [0.2, 0.25) is 0 Å². The van der Waals surface area contributed by atoms with Gasteiger partial charge in [0.05, 0.1) is 10.8 Å². The van der Waals surface area contributed by atoms with E-state index in [-0.39, 0.29) is 11.2 Å². The van der Waals surface area contributed by atoms with Gasteiger partial charge in [-0.05, 0) is 44.9 Å². The van der Waals surface area contributed by atoms with Crippen LogP contribution in [0.15, 0.2) is 40.5 Å². The van der Waals surface area contributed by atoms with Crippen LogP contribution < -0.4 is 5.32 Å². The molecule has 8 nitrogen and oxygen atoms in total. The highest BCUT2D eigenvalue weighted by Gasteiger charge is 2.29. The smallest absolute Gasteiger partial charge is 0.278 e. The Morgan fingerprint density at radius 1 is 1.12 bits per heavy atom. The van der Waals surface area contributed by atoms with Crippen LogP contribution in [0.25, 0.3) is 0 Å². The van der Waals surface area contributed by atoms with E-state index < -0.39 is 10.8 Å². The summed E-state index contributed by atoms with van der Waals surface area (Å²) < 4.78 is 12.5. The van der Waals surface area contributed by atoms with Crippen molar-refractivity contribution in [1.29, 1.82) is 0 Å². The second-order valence-electron chi connectivity index (χ2n) is 9.30. The van der Waals surface area contributed by atoms with Gasteiger partial charge in [-0.25, -0.2) is 4.98 Å². The first-order valence-electron chi connectivity index (χ1n) is 12.1. The number of hydrazone groups is 1. The Bertz CT molecular complexity index is 1050. The average molecular weight is 501 g/mol. The monoisotopic (exact) mass is 500 g/mol. The number of aromatic nitrogens is 1. The normalized spacial score (nSPS) is 21.1. The predicted octanol–water partition coefficient (Wildman–Crippen LogP) is 2.60. The molecule has 2 aliphatic heterocycles. The lowest BCUT2D eigenvalue weighted by Gasteiger charge is -2.31. The minimum Gasteiger partial charge on any atom is -0.304 e. The Morgan fingerprint density at radius 3 is 2.50 bits per heavy atom. The number of thiazole rings is 1. The third kappa shape index (κ3) is 5.91. The molecule has 0 radical (unpaired) electrons. The van der Waals surface area contributed by atoms with Gasteiger partial charge in [0.2, 0.25) is 0 Å². The van der Waals surface area contributed by atoms with E-state index in [4.69, 9.17) is 5.10 Å². The molecule has 1 aliphatic carbocycles. The molecule has 1 N–H and O–H groups in total. The molecule has 1 aromatic carbocycles. The number of benzene rings is 1. The van der Waals surface area contributed by atoms with Gasteiger partial charge in [-0.3, -0.25) is 24.2 Å². The average Bonchev–Trinajstić information content (AvgIpc) is 3.40. The second-order valence-corrected chi connectivity index (χ2v) is 12.1. The Morgan fingerprint density at radius 2 is 1.82 bits per heavy atom. The number of hydrogen-bond acceptors (Lipinski definition) is 8. The molecular formula is C24H32N6O2S2. The highest BCUT2D eigenvalue weighted by atomic mass is 32.2. The maximum Gasteiger partial charge on any atom is 0.278 e. The largest absolute Gasteiger partial charge is 0.304 e. The van der Waals surface area contributed by atoms with Crippen molar-refractivity contribution >= 4 is 38.9 Å². The van der Waals surface area contributed by atoms with Crippen LogP contribution >= 0.6 is 11.3 Å². The molecule has 1 amide bonds. The van der Waals surface area contributed by atoms with Gasteiger partial charge in [0.15, 0.2) is 10.8 Å². The maximum absolute atomic E-state index is 13.3. The molecule has 3 heterocycles. The van der Waals surface area contributed by atoms with Crippen LogP contribution in [0.4, 0.5) is 5.13 Å². The van der Waals surface area contributed by atoms with Gasteiger partial charge in [0.25, 0.3) is 5.91 Å². The number of piperazine rings is 1. The Hall–Kier alpha value is -2.14. The van der Waals surface area contributed by atoms with Crippen molar-refractivity contribution in [1.82, 2.24) is 19.8 Å². The van der Waals surface area contributed by atoms with Crippen LogP contribution in [0.1, 0.15) is 36.1 Å². The minimum absolute atomic E-state index is 0.261. The number of carbonyl (C=O) groups excluding carboxylic acids is 1. The third-order valence-corrected chi connectivity index (χ3v) is 9.19. The standard InChI is InChI=1S/C24H32N6O2S2/c1-28-12-14-29(15-13-28)17-19-16-25-24(33-19)26-23(31)22(27-30-10-2-3-11-30)18-4-6-20(7-5-18)34(32)21-8-9-21/h4-7,16,21H,2-3,8-15,17H2,1H3,(H,25,26,31)/b27-22+. The van der Waals surface area contributed by atoms with Gasteiger partial charge >= 0.3 is 0 Å². The fourth-order valence-electron chi connectivity index (χ4n) is 4.22. The molecule has 0 spiro atoms. The lowest BCUT2D eigenvalue weighted by atomic mass is 10.1. The molecule has 2 saturated heterocycles. The van der Waals surface area contributed by atoms with Gasteiger partial charge in [-0.15, -0.1) is 11.3 Å². The van der Waals surface area contributed by atoms with Crippen LogP contribution in [-0.4, -0.2) is 87.2 Å². The zero-order valence-corrected chi connectivity index (χ0v) is 21.2. The fourth-order valence-corrected chi connectivity index (χ4v) is 6.42. The van der Waals surface area contributed by atoms with Crippen molar-refractivity contribution in [3.8, 4) is 0 Å². The summed E-state index contributed by atoms with van der Waals surface area (Å²) in [5.41, 5.74) is 1.11. The molecule has 1 unspecified atom stereocenters. The van der Waals surface area contributed by atoms with Crippen molar-refractivity contribution in [2.24, 2.45) is 5.10 Å². The van der Waals surface area contributed by atoms with Crippen LogP contribution in [-0.2, 0) is 22.1 Å². The molecule has 5 rings (SSSR count). The molecule has 0 bridgehead atoms. The summed E-state index contributed by atoms with van der Waals surface area (Å²) in [6.45, 7) is 6.81. The van der Waals surface area contributed by atoms with E-state index in [2.05, 4.69) is 27.1 Å². The van der Waals surface area contributed by atoms with E-state index in [0.717, 1.165) is 86.8 Å². The van der Waals surface area contributed by atoms with Crippen LogP contribution in [0, 0.1) is 0 Å². The lowest BCUT2D eigenvalue weighted by molar-refractivity contribution is -0.110. The number of nitrogens with zero attached hydrogens (tertiary/aromatic N) is 5. The summed E-state index contributed by atoms with van der Waals surface area (Å²) in [6.07, 6.45) is 6.09. The first-order chi connectivity index (χ1) is 16.5. The van der Waals surface area contributed by atoms with Gasteiger partial charge in [-0.2, -0.15) is 5.10 Å². The van der Waals surface area contributed by atoms with Crippen molar-refractivity contribution < 1.29 is 9.00 Å². The zero-order valence-electron chi connectivity index (χ0n) is 19.6. The number of carbonyl (C=O) groups is 1. The minimum atomic E-state index is -0.960. The van der Waals surface area contributed by atoms with Crippen LogP contribution in [0.3, 0.4) is 0 Å². The predicted molar refractivity (Wildman–Crippen MR) is 137 cm³/mol. The number of nitrogens with one attached hydrogen (secondary N) is 1. The summed E-state index contributed by atoms with van der Waals surface area (Å²) in [5, 5.41) is 10.5. The molecular weight excluding hydrogens is 468 g/mol. The zero-order chi connectivity index (χ0) is 23.5. The second kappa shape index (κ2) is 10.6. The van der Waals surface area contributed by atoms with Crippen molar-refractivity contribution in [3.63, 3.8) is 0 Å². The molecule has 10 heteroatoms. The van der Waals surface area contributed by atoms with E-state index in [0.29, 0.717) is 10.8 Å². The number of hydrogen-bond donors (Lipinski definition) is 1. The lowest BCUT2D eigenvalue weighted by Crippen LogP contribution is -2.43. The third-order valence-electron chi connectivity index (χ3n) is 6.48. The molecule has 1 aromatic heterocycles. The van der Waals surface area contributed by atoms with Gasteiger partial charge in [0.1, 0.15) is 0 Å². The van der Waals surface area contributed by atoms with E-state index in [1.807, 2.05) is 35.5 Å². The van der Waals surface area contributed by atoms with Gasteiger partial charge in [-0.1, -0.05) is 12.1 Å². The molecule has 1 saturated carbocycles. The van der Waals surface area contributed by atoms with Crippen molar-refractivity contribution in [3.05, 3.63) is 40.9 Å². The number of rotatable bonds is 8. The first-order valence-corrected chi connectivity index (χ1v) is 14.1. The topological polar surface area (TPSA) is 81.1 Å². The summed E-state index contributed by atoms with van der Waals surface area (Å²) >= 11 is 1.52. The highest BCUT2D eigenvalue weighted by molar-refractivity contribution is 7.86. The Labute approximate surface area is 207 Å². The molecule has 3 fully saturated rings. The summed E-state index contributed by atoms with van der Waals surface area (Å²) in [7, 11) is 1.19. The Kier molecular flexibility index (Phi) is 7.38. The first kappa shape index (κ1) is 23.6. The summed E-state index contributed by atoms with van der Waals surface area (Å²) in [6, 6.07) is 7.47. The van der Waals surface area contributed by atoms with Gasteiger partial charge < -0.3 is 4.90 Å². The fraction of sp³-hybridized carbons (Fsp3) is 0.542.